The van der Waals surface area contributed by atoms with Gasteiger partial charge in [0.1, 0.15) is 0 Å². The minimum absolute atomic E-state index is 0.378. The molecule has 1 aromatic rings. The Hall–Kier alpha value is -1.04. The van der Waals surface area contributed by atoms with E-state index in [9.17, 15) is 0 Å². The molecule has 1 aromatic heterocycles. The second-order valence-corrected chi connectivity index (χ2v) is 6.20. The van der Waals surface area contributed by atoms with Crippen LogP contribution in [-0.4, -0.2) is 65.7 Å². The van der Waals surface area contributed by atoms with E-state index in [-0.39, 0.29) is 0 Å². The normalized spacial score (nSPS) is 24.0. The van der Waals surface area contributed by atoms with Crippen LogP contribution >= 0.6 is 0 Å². The minimum Gasteiger partial charge on any atom is -0.379 e. The summed E-state index contributed by atoms with van der Waals surface area (Å²) >= 11 is 0. The van der Waals surface area contributed by atoms with Crippen molar-refractivity contribution in [3.05, 3.63) is 24.3 Å². The zero-order chi connectivity index (χ0) is 14.5. The largest absolute Gasteiger partial charge is 0.379 e. The van der Waals surface area contributed by atoms with Crippen LogP contribution in [0.4, 0.5) is 0 Å². The number of ether oxygens (including phenoxy) is 1. The smallest absolute Gasteiger partial charge is 0.0755 e. The van der Waals surface area contributed by atoms with Crippen LogP contribution in [0.15, 0.2) is 18.6 Å². The summed E-state index contributed by atoms with van der Waals surface area (Å²) in [6.45, 7) is 9.86. The van der Waals surface area contributed by atoms with E-state index in [2.05, 4.69) is 26.7 Å². The Bertz CT molecular complexity index is 414. The predicted octanol–water partition coefficient (Wildman–Crippen LogP) is 1.58. The van der Waals surface area contributed by atoms with Crippen LogP contribution < -0.4 is 0 Å². The van der Waals surface area contributed by atoms with Gasteiger partial charge in [0.15, 0.2) is 0 Å². The summed E-state index contributed by atoms with van der Waals surface area (Å²) in [5.74, 6) is 0.841. The van der Waals surface area contributed by atoms with E-state index in [0.717, 1.165) is 37.9 Å². The van der Waals surface area contributed by atoms with Gasteiger partial charge in [0.25, 0.3) is 0 Å². The fourth-order valence-electron chi connectivity index (χ4n) is 3.39. The Morgan fingerprint density at radius 3 is 2.62 bits per heavy atom. The highest BCUT2D eigenvalue weighted by Crippen LogP contribution is 2.25. The number of piperidine rings is 1. The third kappa shape index (κ3) is 3.99. The lowest BCUT2D eigenvalue weighted by Crippen LogP contribution is -2.43. The Morgan fingerprint density at radius 1 is 1.19 bits per heavy atom. The molecular weight excluding hydrogens is 264 g/mol. The van der Waals surface area contributed by atoms with Crippen molar-refractivity contribution >= 4 is 0 Å². The molecule has 0 aromatic carbocycles. The summed E-state index contributed by atoms with van der Waals surface area (Å²) < 4.78 is 5.42. The molecule has 0 spiro atoms. The van der Waals surface area contributed by atoms with Crippen molar-refractivity contribution in [2.24, 2.45) is 5.92 Å². The fourth-order valence-corrected chi connectivity index (χ4v) is 3.39. The summed E-state index contributed by atoms with van der Waals surface area (Å²) in [5.41, 5.74) is 1.09. The first-order valence-corrected chi connectivity index (χ1v) is 8.13. The Morgan fingerprint density at radius 2 is 1.95 bits per heavy atom. The molecule has 116 valence electrons. The molecule has 2 aliphatic heterocycles. The Balaban J connectivity index is 1.46. The third-order valence-corrected chi connectivity index (χ3v) is 4.83. The molecule has 3 rings (SSSR count). The van der Waals surface area contributed by atoms with Gasteiger partial charge in [0.05, 0.1) is 24.9 Å². The van der Waals surface area contributed by atoms with Crippen molar-refractivity contribution < 1.29 is 4.74 Å². The standard InChI is InChI=1S/C16H26N4O/c1-14(16-12-17-4-5-18-16)20-6-2-15(3-7-20)13-19-8-10-21-11-9-19/h4-5,12,14-15H,2-3,6-11,13H2,1H3. The van der Waals surface area contributed by atoms with E-state index in [1.807, 2.05) is 6.20 Å². The molecule has 2 aliphatic rings. The van der Waals surface area contributed by atoms with Gasteiger partial charge in [-0.05, 0) is 38.8 Å². The summed E-state index contributed by atoms with van der Waals surface area (Å²) in [6, 6.07) is 0.378. The first-order chi connectivity index (χ1) is 10.3. The summed E-state index contributed by atoms with van der Waals surface area (Å²) in [5, 5.41) is 0. The molecule has 0 amide bonds. The zero-order valence-electron chi connectivity index (χ0n) is 12.9. The maximum absolute atomic E-state index is 5.42. The highest BCUT2D eigenvalue weighted by Gasteiger charge is 2.25. The van der Waals surface area contributed by atoms with Crippen molar-refractivity contribution in [2.75, 3.05) is 45.9 Å². The summed E-state index contributed by atoms with van der Waals surface area (Å²) in [6.07, 6.45) is 8.01. The highest BCUT2D eigenvalue weighted by atomic mass is 16.5. The van der Waals surface area contributed by atoms with Crippen LogP contribution in [0.2, 0.25) is 0 Å². The molecule has 0 radical (unpaired) electrons. The number of hydrogen-bond acceptors (Lipinski definition) is 5. The number of aromatic nitrogens is 2. The summed E-state index contributed by atoms with van der Waals surface area (Å²) in [7, 11) is 0. The van der Waals surface area contributed by atoms with E-state index >= 15 is 0 Å². The van der Waals surface area contributed by atoms with Gasteiger partial charge in [0, 0.05) is 38.2 Å². The minimum atomic E-state index is 0.378. The van der Waals surface area contributed by atoms with Gasteiger partial charge in [-0.3, -0.25) is 19.8 Å². The van der Waals surface area contributed by atoms with E-state index in [1.54, 1.807) is 12.4 Å². The SMILES string of the molecule is CC(c1cnccn1)N1CCC(CN2CCOCC2)CC1. The molecule has 5 heteroatoms. The van der Waals surface area contributed by atoms with Crippen LogP contribution in [0.3, 0.4) is 0 Å². The first kappa shape index (κ1) is 14.9. The lowest BCUT2D eigenvalue weighted by atomic mass is 9.94. The predicted molar refractivity (Wildman–Crippen MR) is 82.0 cm³/mol. The molecule has 3 heterocycles. The van der Waals surface area contributed by atoms with Gasteiger partial charge in [-0.2, -0.15) is 0 Å². The van der Waals surface area contributed by atoms with Crippen molar-refractivity contribution in [1.82, 2.24) is 19.8 Å². The maximum Gasteiger partial charge on any atom is 0.0755 e. The number of rotatable bonds is 4. The van der Waals surface area contributed by atoms with Gasteiger partial charge in [-0.25, -0.2) is 0 Å². The number of likely N-dealkylation sites (tertiary alicyclic amines) is 1. The average Bonchev–Trinajstić information content (AvgIpc) is 2.57. The van der Waals surface area contributed by atoms with Crippen molar-refractivity contribution in [2.45, 2.75) is 25.8 Å². The van der Waals surface area contributed by atoms with Crippen molar-refractivity contribution in [3.8, 4) is 0 Å². The monoisotopic (exact) mass is 290 g/mol. The molecule has 5 nitrogen and oxygen atoms in total. The second-order valence-electron chi connectivity index (χ2n) is 6.20. The molecule has 2 fully saturated rings. The van der Waals surface area contributed by atoms with Crippen LogP contribution in [0.5, 0.6) is 0 Å². The molecule has 0 N–H and O–H groups in total. The van der Waals surface area contributed by atoms with Crippen LogP contribution in [0.25, 0.3) is 0 Å². The number of morpholine rings is 1. The van der Waals surface area contributed by atoms with Crippen molar-refractivity contribution in [1.29, 1.82) is 0 Å². The fraction of sp³-hybridized carbons (Fsp3) is 0.750. The van der Waals surface area contributed by atoms with Crippen molar-refractivity contribution in [3.63, 3.8) is 0 Å². The average molecular weight is 290 g/mol. The highest BCUT2D eigenvalue weighted by molar-refractivity contribution is 5.01. The van der Waals surface area contributed by atoms with E-state index in [1.165, 1.54) is 32.5 Å². The number of nitrogens with zero attached hydrogens (tertiary/aromatic N) is 4. The Labute approximate surface area is 127 Å². The second kappa shape index (κ2) is 7.29. The maximum atomic E-state index is 5.42. The lowest BCUT2D eigenvalue weighted by molar-refractivity contribution is 0.0225. The lowest BCUT2D eigenvalue weighted by Gasteiger charge is -2.38. The number of hydrogen-bond donors (Lipinski definition) is 0. The molecular formula is C16H26N4O. The van der Waals surface area contributed by atoms with Gasteiger partial charge in [-0.1, -0.05) is 0 Å². The zero-order valence-corrected chi connectivity index (χ0v) is 12.9. The van der Waals surface area contributed by atoms with E-state index in [4.69, 9.17) is 4.74 Å². The van der Waals surface area contributed by atoms with E-state index in [0.29, 0.717) is 6.04 Å². The van der Waals surface area contributed by atoms with Crippen LogP contribution in [0.1, 0.15) is 31.5 Å². The molecule has 2 saturated heterocycles. The molecule has 0 aliphatic carbocycles. The quantitative estimate of drug-likeness (QED) is 0.842. The molecule has 21 heavy (non-hydrogen) atoms. The van der Waals surface area contributed by atoms with Gasteiger partial charge in [-0.15, -0.1) is 0 Å². The molecule has 1 unspecified atom stereocenters. The Kier molecular flexibility index (Phi) is 5.17. The molecule has 1 atom stereocenters. The molecule has 0 saturated carbocycles. The van der Waals surface area contributed by atoms with Gasteiger partial charge in [0.2, 0.25) is 0 Å². The van der Waals surface area contributed by atoms with Crippen LogP contribution in [0, 0.1) is 5.92 Å². The molecule has 0 bridgehead atoms. The van der Waals surface area contributed by atoms with Gasteiger partial charge >= 0.3 is 0 Å². The third-order valence-electron chi connectivity index (χ3n) is 4.83. The van der Waals surface area contributed by atoms with Gasteiger partial charge < -0.3 is 4.74 Å². The van der Waals surface area contributed by atoms with E-state index < -0.39 is 0 Å². The first-order valence-electron chi connectivity index (χ1n) is 8.13. The summed E-state index contributed by atoms with van der Waals surface area (Å²) in [4.78, 5) is 13.7. The van der Waals surface area contributed by atoms with Crippen LogP contribution in [-0.2, 0) is 4.74 Å². The topological polar surface area (TPSA) is 41.5 Å².